The molecule has 6 rings (SSSR count). The minimum atomic E-state index is -4.15. The number of esters is 1. The van der Waals surface area contributed by atoms with E-state index in [0.717, 1.165) is 17.2 Å². The standard InChI is InChI=1S/C34H28ClN3O9S/c1-34(19-36-47-23-14-12-22(13-15-23)37-32(42)24-16-17-25(39)29(41)28(24)35)31(38-26(40)18-27(38)48(34,44)45)33(43)46-30(20-8-4-2-5-9-20)21-10-6-3-7-11-21/h2-17,19,27,30-31,39,41H,18H2,1H3,(H,37,42)/b36-19+. The fourth-order valence-electron chi connectivity index (χ4n) is 5.67. The van der Waals surface area contributed by atoms with E-state index in [2.05, 4.69) is 10.5 Å². The molecule has 3 N–H and O–H groups in total. The number of nitrogens with one attached hydrogen (secondary N) is 1. The van der Waals surface area contributed by atoms with Gasteiger partial charge in [-0.15, -0.1) is 0 Å². The molecule has 246 valence electrons. The first kappa shape index (κ1) is 32.5. The number of hydrogen-bond donors (Lipinski definition) is 3. The average molecular weight is 690 g/mol. The lowest BCUT2D eigenvalue weighted by Crippen LogP contribution is -2.58. The number of anilines is 1. The molecule has 2 amide bonds. The van der Waals surface area contributed by atoms with E-state index in [1.165, 1.54) is 37.3 Å². The molecule has 0 aromatic heterocycles. The lowest BCUT2D eigenvalue weighted by Gasteiger charge is -2.36. The summed E-state index contributed by atoms with van der Waals surface area (Å²) in [7, 11) is -4.15. The van der Waals surface area contributed by atoms with Crippen LogP contribution >= 0.6 is 11.6 Å². The van der Waals surface area contributed by atoms with Crippen LogP contribution in [0.2, 0.25) is 5.02 Å². The summed E-state index contributed by atoms with van der Waals surface area (Å²) in [5, 5.41) is 24.3. The van der Waals surface area contributed by atoms with Gasteiger partial charge in [-0.25, -0.2) is 13.2 Å². The molecule has 2 heterocycles. The molecule has 2 saturated heterocycles. The summed E-state index contributed by atoms with van der Waals surface area (Å²) in [4.78, 5) is 45.7. The summed E-state index contributed by atoms with van der Waals surface area (Å²) < 4.78 is 31.4. The number of aromatic hydroxyl groups is 2. The first-order valence-electron chi connectivity index (χ1n) is 14.6. The quantitative estimate of drug-likeness (QED) is 0.0733. The third-order valence-corrected chi connectivity index (χ3v) is 11.4. The predicted octanol–water partition coefficient (Wildman–Crippen LogP) is 4.82. The molecule has 3 atom stereocenters. The van der Waals surface area contributed by atoms with Crippen molar-refractivity contribution in [3.8, 4) is 17.2 Å². The summed E-state index contributed by atoms with van der Waals surface area (Å²) >= 11 is 5.97. The fraction of sp³-hybridized carbons (Fsp3) is 0.176. The molecular weight excluding hydrogens is 662 g/mol. The topological polar surface area (TPSA) is 172 Å². The van der Waals surface area contributed by atoms with E-state index >= 15 is 0 Å². The molecule has 3 unspecified atom stereocenters. The van der Waals surface area contributed by atoms with Gasteiger partial charge in [0.25, 0.3) is 5.91 Å². The highest BCUT2D eigenvalue weighted by atomic mass is 35.5. The number of amides is 2. The lowest BCUT2D eigenvalue weighted by molar-refractivity contribution is -0.163. The molecule has 0 bridgehead atoms. The number of phenolic OH excluding ortho intramolecular Hbond substituents is 2. The molecule has 2 aliphatic rings. The number of ether oxygens (including phenoxy) is 1. The minimum Gasteiger partial charge on any atom is -0.504 e. The van der Waals surface area contributed by atoms with Crippen molar-refractivity contribution in [1.82, 2.24) is 4.90 Å². The van der Waals surface area contributed by atoms with Gasteiger partial charge in [0, 0.05) is 5.69 Å². The van der Waals surface area contributed by atoms with Crippen molar-refractivity contribution in [2.75, 3.05) is 5.32 Å². The summed E-state index contributed by atoms with van der Waals surface area (Å²) in [6.07, 6.45) is -0.140. The first-order valence-corrected chi connectivity index (χ1v) is 16.5. The zero-order chi connectivity index (χ0) is 34.2. The van der Waals surface area contributed by atoms with Gasteiger partial charge in [0.15, 0.2) is 39.2 Å². The monoisotopic (exact) mass is 689 g/mol. The predicted molar refractivity (Wildman–Crippen MR) is 175 cm³/mol. The molecule has 0 aliphatic carbocycles. The maximum atomic E-state index is 13.9. The fourth-order valence-corrected chi connectivity index (χ4v) is 8.11. The van der Waals surface area contributed by atoms with Crippen molar-refractivity contribution in [2.24, 2.45) is 5.16 Å². The Morgan fingerprint density at radius 1 is 0.979 bits per heavy atom. The van der Waals surface area contributed by atoms with Gasteiger partial charge in [-0.2, -0.15) is 0 Å². The lowest BCUT2D eigenvalue weighted by atomic mass is 9.96. The Balaban J connectivity index is 1.21. The van der Waals surface area contributed by atoms with Crippen LogP contribution in [0.1, 0.15) is 40.9 Å². The average Bonchev–Trinajstić information content (AvgIpc) is 3.22. The zero-order valence-corrected chi connectivity index (χ0v) is 26.8. The van der Waals surface area contributed by atoms with Crippen molar-refractivity contribution in [1.29, 1.82) is 0 Å². The third-order valence-electron chi connectivity index (χ3n) is 8.32. The second-order valence-corrected chi connectivity index (χ2v) is 14.2. The van der Waals surface area contributed by atoms with Crippen molar-refractivity contribution in [3.05, 3.63) is 119 Å². The molecule has 2 fully saturated rings. The Kier molecular flexibility index (Phi) is 8.58. The minimum absolute atomic E-state index is 0.0713. The van der Waals surface area contributed by atoms with Gasteiger partial charge in [-0.05, 0) is 54.4 Å². The van der Waals surface area contributed by atoms with Gasteiger partial charge in [0.1, 0.15) is 10.1 Å². The van der Waals surface area contributed by atoms with Gasteiger partial charge in [0.2, 0.25) is 5.91 Å². The number of phenols is 2. The largest absolute Gasteiger partial charge is 0.504 e. The van der Waals surface area contributed by atoms with E-state index in [1.807, 2.05) is 12.1 Å². The summed E-state index contributed by atoms with van der Waals surface area (Å²) in [6.45, 7) is 1.30. The van der Waals surface area contributed by atoms with E-state index in [1.54, 1.807) is 48.5 Å². The summed E-state index contributed by atoms with van der Waals surface area (Å²) in [5.41, 5.74) is 1.57. The van der Waals surface area contributed by atoms with Crippen LogP contribution in [0.3, 0.4) is 0 Å². The number of β-lactam (4-membered cyclic amide) rings is 1. The number of carbonyl (C=O) groups is 3. The number of oxime groups is 1. The highest BCUT2D eigenvalue weighted by Crippen LogP contribution is 2.46. The number of nitrogens with zero attached hydrogens (tertiary/aromatic N) is 2. The van der Waals surface area contributed by atoms with Gasteiger partial charge in [0.05, 0.1) is 23.2 Å². The molecule has 0 spiro atoms. The molecular formula is C34H28ClN3O9S. The highest BCUT2D eigenvalue weighted by Gasteiger charge is 2.70. The van der Waals surface area contributed by atoms with Crippen LogP contribution in [0.4, 0.5) is 5.69 Å². The number of carbonyl (C=O) groups excluding carboxylic acids is 3. The van der Waals surface area contributed by atoms with Crippen LogP contribution < -0.4 is 10.2 Å². The van der Waals surface area contributed by atoms with Crippen molar-refractivity contribution >= 4 is 51.1 Å². The molecule has 12 nitrogen and oxygen atoms in total. The van der Waals surface area contributed by atoms with E-state index in [0.29, 0.717) is 16.8 Å². The maximum Gasteiger partial charge on any atom is 0.331 e. The van der Waals surface area contributed by atoms with Crippen LogP contribution in [-0.4, -0.2) is 63.7 Å². The van der Waals surface area contributed by atoms with E-state index in [-0.39, 0.29) is 22.8 Å². The Morgan fingerprint density at radius 2 is 1.58 bits per heavy atom. The van der Waals surface area contributed by atoms with Crippen LogP contribution in [0.15, 0.2) is 102 Å². The third kappa shape index (κ3) is 5.71. The van der Waals surface area contributed by atoms with Gasteiger partial charge in [-0.1, -0.05) is 77.4 Å². The number of sulfone groups is 1. The van der Waals surface area contributed by atoms with Crippen LogP contribution in [0, 0.1) is 0 Å². The van der Waals surface area contributed by atoms with Crippen LogP contribution in [-0.2, 0) is 24.2 Å². The SMILES string of the molecule is CC1(/C=N/Oc2ccc(NC(=O)c3ccc(O)c(O)c3Cl)cc2)C(C(=O)OC(c2ccccc2)c2ccccc2)N2C(=O)CC2S1(=O)=O. The van der Waals surface area contributed by atoms with Crippen molar-refractivity contribution in [3.63, 3.8) is 0 Å². The Bertz CT molecular complexity index is 1990. The van der Waals surface area contributed by atoms with Crippen molar-refractivity contribution in [2.45, 2.75) is 35.6 Å². The number of benzene rings is 4. The molecule has 0 radical (unpaired) electrons. The normalized spacial score (nSPS) is 21.1. The van der Waals surface area contributed by atoms with E-state index in [9.17, 15) is 33.0 Å². The number of rotatable bonds is 9. The molecule has 4 aromatic rings. The second-order valence-electron chi connectivity index (χ2n) is 11.3. The Labute approximate surface area is 280 Å². The van der Waals surface area contributed by atoms with Gasteiger partial charge < -0.3 is 30.0 Å². The first-order chi connectivity index (χ1) is 22.9. The van der Waals surface area contributed by atoms with Crippen LogP contribution in [0.25, 0.3) is 0 Å². The van der Waals surface area contributed by atoms with E-state index in [4.69, 9.17) is 21.2 Å². The molecule has 2 aliphatic heterocycles. The number of hydrogen-bond acceptors (Lipinski definition) is 10. The van der Waals surface area contributed by atoms with E-state index < -0.39 is 61.4 Å². The Morgan fingerprint density at radius 3 is 2.17 bits per heavy atom. The number of halogens is 1. The Hall–Kier alpha value is -5.40. The smallest absolute Gasteiger partial charge is 0.331 e. The second kappa shape index (κ2) is 12.7. The van der Waals surface area contributed by atoms with Gasteiger partial charge >= 0.3 is 5.97 Å². The maximum absolute atomic E-state index is 13.9. The summed E-state index contributed by atoms with van der Waals surface area (Å²) in [5.74, 6) is -3.00. The zero-order valence-electron chi connectivity index (χ0n) is 25.2. The van der Waals surface area contributed by atoms with Crippen LogP contribution in [0.5, 0.6) is 17.2 Å². The molecule has 4 aromatic carbocycles. The summed E-state index contributed by atoms with van der Waals surface area (Å²) in [6, 6.07) is 24.6. The molecule has 14 heteroatoms. The van der Waals surface area contributed by atoms with Gasteiger partial charge in [-0.3, -0.25) is 9.59 Å². The van der Waals surface area contributed by atoms with Crippen molar-refractivity contribution < 1.29 is 42.6 Å². The highest BCUT2D eigenvalue weighted by molar-refractivity contribution is 7.94. The molecule has 48 heavy (non-hydrogen) atoms. The molecule has 0 saturated carbocycles. The number of fused-ring (bicyclic) bond motifs is 1.